The van der Waals surface area contributed by atoms with E-state index in [1.165, 1.54) is 54.9 Å². The number of hydrogen-bond acceptors (Lipinski definition) is 6. The number of benzene rings is 1. The molecule has 1 aromatic carbocycles. The van der Waals surface area contributed by atoms with Gasteiger partial charge in [-0.3, -0.25) is 14.6 Å². The summed E-state index contributed by atoms with van der Waals surface area (Å²) in [5.41, 5.74) is -1.70. The predicted octanol–water partition coefficient (Wildman–Crippen LogP) is 3.05. The number of hydrogen-bond donors (Lipinski definition) is 2. The molecule has 0 spiro atoms. The van der Waals surface area contributed by atoms with E-state index in [-0.39, 0.29) is 22.7 Å². The van der Waals surface area contributed by atoms with Crippen molar-refractivity contribution in [3.8, 4) is 11.4 Å². The van der Waals surface area contributed by atoms with E-state index < -0.39 is 29.9 Å². The van der Waals surface area contributed by atoms with Crippen LogP contribution in [0.5, 0.6) is 5.75 Å². The van der Waals surface area contributed by atoms with Crippen LogP contribution in [0.2, 0.25) is 0 Å². The van der Waals surface area contributed by atoms with Gasteiger partial charge in [-0.1, -0.05) is 12.1 Å². The van der Waals surface area contributed by atoms with E-state index in [0.29, 0.717) is 5.69 Å². The molecule has 11 heteroatoms. The minimum absolute atomic E-state index is 0.0485. The van der Waals surface area contributed by atoms with Crippen LogP contribution in [0.15, 0.2) is 59.7 Å². The highest BCUT2D eigenvalue weighted by atomic mass is 19.4. The van der Waals surface area contributed by atoms with Crippen LogP contribution >= 0.6 is 0 Å². The molecule has 8 nitrogen and oxygen atoms in total. The van der Waals surface area contributed by atoms with Gasteiger partial charge in [-0.2, -0.15) is 23.0 Å². The van der Waals surface area contributed by atoms with E-state index in [1.54, 1.807) is 13.8 Å². The van der Waals surface area contributed by atoms with Gasteiger partial charge in [0.15, 0.2) is 6.61 Å². The Hall–Kier alpha value is -3.73. The Balaban J connectivity index is 1.88. The maximum atomic E-state index is 12.9. The molecule has 2 aromatic heterocycles. The minimum atomic E-state index is -4.57. The summed E-state index contributed by atoms with van der Waals surface area (Å²) in [5, 5.41) is 16.3. The van der Waals surface area contributed by atoms with Crippen molar-refractivity contribution in [3.63, 3.8) is 0 Å². The van der Waals surface area contributed by atoms with Crippen molar-refractivity contribution in [1.29, 1.82) is 0 Å². The fraction of sp³-hybridized carbons (Fsp3) is 0.238. The molecule has 0 atom stereocenters. The van der Waals surface area contributed by atoms with Gasteiger partial charge in [-0.25, -0.2) is 0 Å². The summed E-state index contributed by atoms with van der Waals surface area (Å²) in [4.78, 5) is 29.6. The zero-order chi connectivity index (χ0) is 23.5. The van der Waals surface area contributed by atoms with E-state index in [1.807, 2.05) is 0 Å². The topological polar surface area (TPSA) is 106 Å². The van der Waals surface area contributed by atoms with Gasteiger partial charge in [0.1, 0.15) is 22.6 Å². The van der Waals surface area contributed by atoms with Crippen LogP contribution < -0.4 is 15.6 Å². The molecular formula is C21H19F3N4O4. The fourth-order valence-corrected chi connectivity index (χ4v) is 2.70. The first-order valence-electron chi connectivity index (χ1n) is 9.33. The number of para-hydroxylation sites is 2. The summed E-state index contributed by atoms with van der Waals surface area (Å²) in [7, 11) is 0. The van der Waals surface area contributed by atoms with Crippen molar-refractivity contribution >= 4 is 11.6 Å². The molecule has 0 saturated carbocycles. The first-order valence-corrected chi connectivity index (χ1v) is 9.33. The number of anilines is 1. The summed E-state index contributed by atoms with van der Waals surface area (Å²) in [6, 6.07) is 9.77. The number of carbonyl (C=O) groups is 1. The van der Waals surface area contributed by atoms with Crippen molar-refractivity contribution in [2.24, 2.45) is 0 Å². The van der Waals surface area contributed by atoms with Gasteiger partial charge < -0.3 is 15.2 Å². The highest BCUT2D eigenvalue weighted by molar-refractivity contribution is 6.03. The number of rotatable bonds is 6. The fourth-order valence-electron chi connectivity index (χ4n) is 2.70. The summed E-state index contributed by atoms with van der Waals surface area (Å²) in [5.74, 6) is -0.985. The van der Waals surface area contributed by atoms with Gasteiger partial charge in [0.05, 0.1) is 17.6 Å². The summed E-state index contributed by atoms with van der Waals surface area (Å²) >= 11 is 0. The van der Waals surface area contributed by atoms with Crippen LogP contribution in [0.25, 0.3) is 5.69 Å². The molecule has 0 aliphatic rings. The van der Waals surface area contributed by atoms with Crippen LogP contribution in [0.3, 0.4) is 0 Å². The lowest BCUT2D eigenvalue weighted by Crippen LogP contribution is -2.30. The second-order valence-corrected chi connectivity index (χ2v) is 7.28. The normalized spacial score (nSPS) is 11.8. The number of aliphatic hydroxyl groups is 1. The number of aromatic nitrogens is 3. The zero-order valence-corrected chi connectivity index (χ0v) is 17.1. The maximum Gasteiger partial charge on any atom is 0.422 e. The van der Waals surface area contributed by atoms with Gasteiger partial charge in [0.25, 0.3) is 11.5 Å². The number of halogens is 3. The zero-order valence-electron chi connectivity index (χ0n) is 17.1. The first kappa shape index (κ1) is 22.9. The van der Waals surface area contributed by atoms with Gasteiger partial charge in [0, 0.05) is 6.20 Å². The Morgan fingerprint density at radius 3 is 2.50 bits per heavy atom. The van der Waals surface area contributed by atoms with E-state index in [4.69, 9.17) is 4.74 Å². The van der Waals surface area contributed by atoms with Gasteiger partial charge in [-0.05, 0) is 44.2 Å². The molecule has 0 bridgehead atoms. The molecule has 0 aliphatic heterocycles. The van der Waals surface area contributed by atoms with Crippen molar-refractivity contribution in [2.75, 3.05) is 11.9 Å². The summed E-state index contributed by atoms with van der Waals surface area (Å²) in [6.07, 6.45) is -2.07. The molecule has 0 saturated heterocycles. The number of nitrogens with one attached hydrogen (secondary N) is 1. The molecule has 0 fully saturated rings. The molecule has 0 radical (unpaired) electrons. The van der Waals surface area contributed by atoms with Crippen molar-refractivity contribution in [1.82, 2.24) is 14.8 Å². The van der Waals surface area contributed by atoms with Gasteiger partial charge in [0.2, 0.25) is 0 Å². The average Bonchev–Trinajstić information content (AvgIpc) is 2.72. The number of amides is 1. The highest BCUT2D eigenvalue weighted by Gasteiger charge is 2.29. The second-order valence-electron chi connectivity index (χ2n) is 7.28. The monoisotopic (exact) mass is 448 g/mol. The van der Waals surface area contributed by atoms with E-state index in [9.17, 15) is 27.9 Å². The number of pyridine rings is 1. The van der Waals surface area contributed by atoms with Crippen LogP contribution in [0, 0.1) is 0 Å². The quantitative estimate of drug-likeness (QED) is 0.601. The third-order valence-electron chi connectivity index (χ3n) is 4.22. The Bertz CT molecular complexity index is 1170. The summed E-state index contributed by atoms with van der Waals surface area (Å²) in [6.45, 7) is 1.57. The molecule has 2 heterocycles. The van der Waals surface area contributed by atoms with Crippen molar-refractivity contribution in [2.45, 2.75) is 25.6 Å². The van der Waals surface area contributed by atoms with E-state index in [0.717, 1.165) is 4.68 Å². The van der Waals surface area contributed by atoms with Crippen molar-refractivity contribution in [3.05, 3.63) is 76.5 Å². The van der Waals surface area contributed by atoms with Gasteiger partial charge >= 0.3 is 6.18 Å². The highest BCUT2D eigenvalue weighted by Crippen LogP contribution is 2.24. The lowest BCUT2D eigenvalue weighted by molar-refractivity contribution is -0.153. The molecule has 0 aliphatic carbocycles. The molecule has 32 heavy (non-hydrogen) atoms. The smallest absolute Gasteiger partial charge is 0.422 e. The number of ether oxygens (including phenoxy) is 1. The molecule has 3 aromatic rings. The third-order valence-corrected chi connectivity index (χ3v) is 4.22. The average molecular weight is 448 g/mol. The molecule has 2 N–H and O–H groups in total. The van der Waals surface area contributed by atoms with E-state index in [2.05, 4.69) is 15.4 Å². The second kappa shape index (κ2) is 8.79. The van der Waals surface area contributed by atoms with Crippen molar-refractivity contribution < 1.29 is 27.8 Å². The number of carbonyl (C=O) groups excluding carboxylic acids is 1. The van der Waals surface area contributed by atoms with Crippen LogP contribution in [0.4, 0.5) is 18.9 Å². The Morgan fingerprint density at radius 2 is 1.88 bits per heavy atom. The minimum Gasteiger partial charge on any atom is -0.482 e. The Labute approximate surface area is 180 Å². The lowest BCUT2D eigenvalue weighted by atomic mass is 10.1. The number of nitrogens with zero attached hydrogens (tertiary/aromatic N) is 3. The lowest BCUT2D eigenvalue weighted by Gasteiger charge is -2.16. The molecular weight excluding hydrogens is 429 g/mol. The Kier molecular flexibility index (Phi) is 6.30. The largest absolute Gasteiger partial charge is 0.482 e. The molecule has 0 unspecified atom stereocenters. The van der Waals surface area contributed by atoms with Gasteiger partial charge in [-0.15, -0.1) is 0 Å². The SMILES string of the molecule is CC(C)(O)c1ccc(NC(=O)c2ccnn(-c3ccccc3OCC(F)(F)F)c2=O)cn1. The summed E-state index contributed by atoms with van der Waals surface area (Å²) < 4.78 is 43.2. The predicted molar refractivity (Wildman–Crippen MR) is 109 cm³/mol. The molecule has 3 rings (SSSR count). The van der Waals surface area contributed by atoms with Crippen LogP contribution in [0.1, 0.15) is 29.9 Å². The maximum absolute atomic E-state index is 12.9. The van der Waals surface area contributed by atoms with Crippen LogP contribution in [-0.4, -0.2) is 38.6 Å². The number of alkyl halides is 3. The van der Waals surface area contributed by atoms with Crippen LogP contribution in [-0.2, 0) is 5.60 Å². The third kappa shape index (κ3) is 5.49. The molecule has 168 valence electrons. The standard InChI is InChI=1S/C21H19F3N4O4/c1-20(2,31)17-8-7-13(11-25-17)27-18(29)14-9-10-26-28(19(14)30)15-5-3-4-6-16(15)32-12-21(22,23)24/h3-11,31H,12H2,1-2H3,(H,27,29). The Morgan fingerprint density at radius 1 is 1.16 bits per heavy atom. The first-order chi connectivity index (χ1) is 15.0. The molecule has 1 amide bonds. The van der Waals surface area contributed by atoms with E-state index >= 15 is 0 Å².